The van der Waals surface area contributed by atoms with Crippen LogP contribution in [-0.4, -0.2) is 65.8 Å². The minimum atomic E-state index is -4.96. The number of aromatic nitrogens is 6. The van der Waals surface area contributed by atoms with Crippen molar-refractivity contribution >= 4 is 29.3 Å². The molecule has 2 heterocycles. The highest BCUT2D eigenvalue weighted by Gasteiger charge is 2.39. The third-order valence-electron chi connectivity index (χ3n) is 5.38. The van der Waals surface area contributed by atoms with Crippen LogP contribution >= 0.6 is 23.4 Å². The number of benzene rings is 2. The van der Waals surface area contributed by atoms with E-state index in [-0.39, 0.29) is 24.0 Å². The van der Waals surface area contributed by atoms with Gasteiger partial charge in [0.15, 0.2) is 17.8 Å². The highest BCUT2D eigenvalue weighted by Crippen LogP contribution is 2.26. The summed E-state index contributed by atoms with van der Waals surface area (Å²) in [7, 11) is 1.18. The fraction of sp³-hybridized carbons (Fsp3) is 0.261. The molecule has 0 aliphatic carbocycles. The smallest absolute Gasteiger partial charge is 0.416 e. The first kappa shape index (κ1) is 27.4. The second-order valence-corrected chi connectivity index (χ2v) is 9.15. The van der Waals surface area contributed by atoms with Gasteiger partial charge in [0, 0.05) is 15.5 Å². The number of hydrogen-bond donors (Lipinski definition) is 1. The summed E-state index contributed by atoms with van der Waals surface area (Å²) in [5.41, 5.74) is -0.117. The van der Waals surface area contributed by atoms with Crippen molar-refractivity contribution in [3.8, 4) is 17.1 Å². The van der Waals surface area contributed by atoms with Crippen LogP contribution in [0.25, 0.3) is 17.1 Å². The van der Waals surface area contributed by atoms with E-state index < -0.39 is 30.5 Å². The summed E-state index contributed by atoms with van der Waals surface area (Å²) in [4.78, 5) is 30.6. The molecule has 2 aromatic heterocycles. The van der Waals surface area contributed by atoms with Crippen LogP contribution in [-0.2, 0) is 17.8 Å². The summed E-state index contributed by atoms with van der Waals surface area (Å²) in [5, 5.41) is 18.6. The zero-order chi connectivity index (χ0) is 27.6. The Hall–Kier alpha value is -3.62. The molecule has 0 saturated carbocycles. The Labute approximate surface area is 222 Å². The highest BCUT2D eigenvalue weighted by atomic mass is 35.5. The van der Waals surface area contributed by atoms with Crippen molar-refractivity contribution in [1.29, 1.82) is 0 Å². The summed E-state index contributed by atoms with van der Waals surface area (Å²) >= 11 is 7.32. The number of ether oxygens (including phenoxy) is 1. The van der Waals surface area contributed by atoms with Gasteiger partial charge in [-0.2, -0.15) is 13.2 Å². The molecule has 4 aromatic rings. The lowest BCUT2D eigenvalue weighted by atomic mass is 10.2. The third kappa shape index (κ3) is 5.61. The molecule has 2 aromatic carbocycles. The monoisotopic (exact) mass is 568 g/mol. The van der Waals surface area contributed by atoms with Gasteiger partial charge in [-0.15, -0.1) is 22.0 Å². The molecule has 1 atom stereocenters. The molecule has 0 aliphatic heterocycles. The number of rotatable bonds is 8. The first-order chi connectivity index (χ1) is 18.0. The number of carbonyl (C=O) groups excluding carboxylic acids is 1. The van der Waals surface area contributed by atoms with Gasteiger partial charge in [-0.25, -0.2) is 23.9 Å². The summed E-state index contributed by atoms with van der Waals surface area (Å²) in [6, 6.07) is 13.0. The lowest BCUT2D eigenvalue weighted by Gasteiger charge is -2.15. The van der Waals surface area contributed by atoms with E-state index in [1.54, 1.807) is 12.1 Å². The molecule has 38 heavy (non-hydrogen) atoms. The molecule has 0 unspecified atom stereocenters. The van der Waals surface area contributed by atoms with Crippen molar-refractivity contribution in [2.45, 2.75) is 30.3 Å². The van der Waals surface area contributed by atoms with Gasteiger partial charge in [-0.05, 0) is 42.7 Å². The minimum absolute atomic E-state index is 0.0212. The Bertz CT molecular complexity index is 1520. The van der Waals surface area contributed by atoms with Gasteiger partial charge in [0.1, 0.15) is 6.54 Å². The number of halogens is 4. The van der Waals surface area contributed by atoms with E-state index in [2.05, 4.69) is 15.2 Å². The fourth-order valence-corrected chi connectivity index (χ4v) is 4.25. The van der Waals surface area contributed by atoms with Crippen LogP contribution < -0.4 is 5.69 Å². The summed E-state index contributed by atoms with van der Waals surface area (Å²) in [5.74, 6) is -1.10. The van der Waals surface area contributed by atoms with Crippen LogP contribution in [0.3, 0.4) is 0 Å². The van der Waals surface area contributed by atoms with Gasteiger partial charge in [0.2, 0.25) is 5.82 Å². The number of hydrogen-bond acceptors (Lipinski definition) is 8. The van der Waals surface area contributed by atoms with Gasteiger partial charge in [0.05, 0.1) is 19.3 Å². The Morgan fingerprint density at radius 2 is 1.84 bits per heavy atom. The Balaban J connectivity index is 1.80. The molecule has 10 nitrogen and oxygen atoms in total. The van der Waals surface area contributed by atoms with E-state index >= 15 is 0 Å². The number of carbonyl (C=O) groups is 1. The minimum Gasteiger partial charge on any atom is -0.463 e. The number of aliphatic hydroxyl groups excluding tert-OH is 1. The predicted molar refractivity (Wildman–Crippen MR) is 133 cm³/mol. The zero-order valence-corrected chi connectivity index (χ0v) is 21.5. The molecule has 0 bridgehead atoms. The van der Waals surface area contributed by atoms with Gasteiger partial charge < -0.3 is 9.84 Å². The van der Waals surface area contributed by atoms with Crippen LogP contribution in [0.15, 0.2) is 58.2 Å². The lowest BCUT2D eigenvalue weighted by Crippen LogP contribution is -2.37. The Morgan fingerprint density at radius 3 is 2.47 bits per heavy atom. The highest BCUT2D eigenvalue weighted by molar-refractivity contribution is 7.98. The van der Waals surface area contributed by atoms with E-state index in [0.29, 0.717) is 20.8 Å². The lowest BCUT2D eigenvalue weighted by molar-refractivity contribution is -0.207. The van der Waals surface area contributed by atoms with Crippen molar-refractivity contribution < 1.29 is 27.8 Å². The Kier molecular flexibility index (Phi) is 7.94. The van der Waals surface area contributed by atoms with Crippen molar-refractivity contribution in [2.24, 2.45) is 0 Å². The maximum atomic E-state index is 13.2. The number of alkyl halides is 3. The summed E-state index contributed by atoms with van der Waals surface area (Å²) < 4.78 is 47.0. The SMILES string of the molecule is COC(=O)c1nc(Cn2nc(-c3ccc(Cl)cc3)n(C[C@H](O)C(F)(F)F)c2=O)nn1-c1ccccc1SC. The number of methoxy groups -OCH3 is 1. The standard InChI is InChI=1S/C23H20ClF3N6O4S/c1-37-21(35)20-28-18(29-33(20)15-5-3-4-6-16(15)38-2)12-32-22(36)31(11-17(34)23(25,26)27)19(30-32)13-7-9-14(24)10-8-13/h3-10,17,34H,11-12H2,1-2H3/t17-/m0/s1. The maximum Gasteiger partial charge on any atom is 0.416 e. The molecule has 0 spiro atoms. The molecule has 15 heteroatoms. The van der Waals surface area contributed by atoms with Gasteiger partial charge >= 0.3 is 17.8 Å². The molecular weight excluding hydrogens is 549 g/mol. The molecule has 200 valence electrons. The number of para-hydroxylation sites is 1. The van der Waals surface area contributed by atoms with Crippen molar-refractivity contribution in [2.75, 3.05) is 13.4 Å². The van der Waals surface area contributed by atoms with Crippen LogP contribution in [0.5, 0.6) is 0 Å². The molecule has 0 radical (unpaired) electrons. The van der Waals surface area contributed by atoms with Gasteiger partial charge in [0.25, 0.3) is 0 Å². The van der Waals surface area contributed by atoms with Crippen molar-refractivity contribution in [3.63, 3.8) is 0 Å². The topological polar surface area (TPSA) is 117 Å². The van der Waals surface area contributed by atoms with Crippen molar-refractivity contribution in [1.82, 2.24) is 29.1 Å². The largest absolute Gasteiger partial charge is 0.463 e. The molecule has 0 fully saturated rings. The fourth-order valence-electron chi connectivity index (χ4n) is 3.55. The van der Waals surface area contributed by atoms with Crippen LogP contribution in [0.2, 0.25) is 5.02 Å². The van der Waals surface area contributed by atoms with E-state index in [9.17, 15) is 27.9 Å². The first-order valence-electron chi connectivity index (χ1n) is 10.9. The zero-order valence-electron chi connectivity index (χ0n) is 19.9. The van der Waals surface area contributed by atoms with E-state index in [4.69, 9.17) is 16.3 Å². The normalized spacial score (nSPS) is 12.5. The second kappa shape index (κ2) is 11.0. The number of esters is 1. The second-order valence-electron chi connectivity index (χ2n) is 7.87. The first-order valence-corrected chi connectivity index (χ1v) is 12.5. The van der Waals surface area contributed by atoms with E-state index in [1.807, 2.05) is 18.4 Å². The number of aliphatic hydroxyl groups is 1. The van der Waals surface area contributed by atoms with Crippen LogP contribution in [0, 0.1) is 0 Å². The average Bonchev–Trinajstić information content (AvgIpc) is 3.45. The van der Waals surface area contributed by atoms with Gasteiger partial charge in [-0.1, -0.05) is 23.7 Å². The molecule has 0 aliphatic rings. The predicted octanol–water partition coefficient (Wildman–Crippen LogP) is 3.43. The number of nitrogens with zero attached hydrogens (tertiary/aromatic N) is 6. The quantitative estimate of drug-likeness (QED) is 0.254. The maximum absolute atomic E-state index is 13.2. The molecule has 4 rings (SSSR count). The van der Waals surface area contributed by atoms with Gasteiger partial charge in [-0.3, -0.25) is 4.57 Å². The third-order valence-corrected chi connectivity index (χ3v) is 6.42. The number of thioether (sulfide) groups is 1. The summed E-state index contributed by atoms with van der Waals surface area (Å²) in [6.07, 6.45) is -5.93. The average molecular weight is 569 g/mol. The van der Waals surface area contributed by atoms with E-state index in [1.165, 1.54) is 47.8 Å². The molecule has 1 N–H and O–H groups in total. The molecule has 0 amide bonds. The van der Waals surface area contributed by atoms with E-state index in [0.717, 1.165) is 9.58 Å². The van der Waals surface area contributed by atoms with Crippen molar-refractivity contribution in [3.05, 3.63) is 75.7 Å². The molecule has 0 saturated heterocycles. The summed E-state index contributed by atoms with van der Waals surface area (Å²) in [6.45, 7) is -1.47. The Morgan fingerprint density at radius 1 is 1.16 bits per heavy atom. The molecular formula is C23H20ClF3N6O4S. The van der Waals surface area contributed by atoms with Crippen LogP contribution in [0.4, 0.5) is 13.2 Å². The van der Waals surface area contributed by atoms with Crippen LogP contribution in [0.1, 0.15) is 16.4 Å².